The van der Waals surface area contributed by atoms with E-state index in [1.165, 1.54) is 30.1 Å². The average molecular weight is 257 g/mol. The van der Waals surface area contributed by atoms with Gasteiger partial charge in [0.1, 0.15) is 11.6 Å². The van der Waals surface area contributed by atoms with Gasteiger partial charge < -0.3 is 5.32 Å². The summed E-state index contributed by atoms with van der Waals surface area (Å²) in [5.74, 6) is 2.11. The highest BCUT2D eigenvalue weighted by atomic mass is 32.2. The molecule has 1 nitrogen and oxygen atoms in total. The van der Waals surface area contributed by atoms with Crippen LogP contribution in [0.4, 0.5) is 8.78 Å². The second kappa shape index (κ2) is 5.83. The molecule has 0 spiro atoms. The van der Waals surface area contributed by atoms with Crippen LogP contribution in [0.2, 0.25) is 0 Å². The maximum Gasteiger partial charge on any atom is 0.130 e. The summed E-state index contributed by atoms with van der Waals surface area (Å²) in [5, 5.41) is 3.33. The third kappa shape index (κ3) is 3.42. The summed E-state index contributed by atoms with van der Waals surface area (Å²) in [5.41, 5.74) is 0.539. The molecule has 17 heavy (non-hydrogen) atoms. The number of hydrogen-bond acceptors (Lipinski definition) is 2. The Hall–Kier alpha value is -0.610. The highest BCUT2D eigenvalue weighted by Gasteiger charge is 2.17. The zero-order chi connectivity index (χ0) is 12.3. The fraction of sp³-hybridized carbons (Fsp3) is 0.538. The molecule has 1 aromatic rings. The lowest BCUT2D eigenvalue weighted by Gasteiger charge is -2.17. The first-order chi connectivity index (χ1) is 8.16. The van der Waals surface area contributed by atoms with Crippen molar-refractivity contribution in [3.05, 3.63) is 35.4 Å². The Labute approximate surface area is 105 Å². The number of halogens is 2. The third-order valence-electron chi connectivity index (χ3n) is 3.17. The lowest BCUT2D eigenvalue weighted by Crippen LogP contribution is -2.26. The summed E-state index contributed by atoms with van der Waals surface area (Å²) in [7, 11) is 0. The Bertz CT molecular complexity index is 378. The minimum Gasteiger partial charge on any atom is -0.310 e. The quantitative estimate of drug-likeness (QED) is 0.887. The van der Waals surface area contributed by atoms with E-state index >= 15 is 0 Å². The van der Waals surface area contributed by atoms with Gasteiger partial charge in [-0.05, 0) is 43.4 Å². The van der Waals surface area contributed by atoms with Crippen LogP contribution in [0, 0.1) is 17.6 Å². The van der Waals surface area contributed by atoms with Crippen LogP contribution in [0.15, 0.2) is 18.2 Å². The summed E-state index contributed by atoms with van der Waals surface area (Å²) in [4.78, 5) is 0. The van der Waals surface area contributed by atoms with E-state index in [1.807, 2.05) is 18.7 Å². The Balaban J connectivity index is 1.91. The van der Waals surface area contributed by atoms with Crippen molar-refractivity contribution in [1.29, 1.82) is 0 Å². The lowest BCUT2D eigenvalue weighted by atomic mass is 10.1. The lowest BCUT2D eigenvalue weighted by molar-refractivity contribution is 0.462. The van der Waals surface area contributed by atoms with Crippen LogP contribution in [0.3, 0.4) is 0 Å². The van der Waals surface area contributed by atoms with Crippen molar-refractivity contribution in [2.24, 2.45) is 5.92 Å². The third-order valence-corrected chi connectivity index (χ3v) is 4.40. The molecule has 0 saturated carbocycles. The van der Waals surface area contributed by atoms with Crippen molar-refractivity contribution in [3.63, 3.8) is 0 Å². The highest BCUT2D eigenvalue weighted by Crippen LogP contribution is 2.24. The smallest absolute Gasteiger partial charge is 0.130 e. The molecule has 0 aliphatic carbocycles. The SMILES string of the molecule is CC(NCC1CCSC1)c1ccc(F)cc1F. The van der Waals surface area contributed by atoms with Crippen molar-refractivity contribution < 1.29 is 8.78 Å². The minimum absolute atomic E-state index is 0.0683. The maximum absolute atomic E-state index is 13.5. The molecule has 0 aromatic heterocycles. The molecule has 1 aliphatic rings. The summed E-state index contributed by atoms with van der Waals surface area (Å²) in [6.07, 6.45) is 1.23. The molecule has 1 aromatic carbocycles. The normalized spacial score (nSPS) is 21.7. The van der Waals surface area contributed by atoms with Crippen LogP contribution < -0.4 is 5.32 Å². The second-order valence-corrected chi connectivity index (χ2v) is 5.68. The summed E-state index contributed by atoms with van der Waals surface area (Å²) in [6.45, 7) is 2.82. The van der Waals surface area contributed by atoms with Gasteiger partial charge >= 0.3 is 0 Å². The Morgan fingerprint density at radius 3 is 2.94 bits per heavy atom. The molecule has 1 saturated heterocycles. The van der Waals surface area contributed by atoms with E-state index in [-0.39, 0.29) is 6.04 Å². The van der Waals surface area contributed by atoms with Gasteiger partial charge in [-0.15, -0.1) is 0 Å². The molecule has 1 aliphatic heterocycles. The van der Waals surface area contributed by atoms with Gasteiger partial charge in [-0.2, -0.15) is 11.8 Å². The first kappa shape index (κ1) is 12.8. The fourth-order valence-electron chi connectivity index (χ4n) is 2.05. The predicted molar refractivity (Wildman–Crippen MR) is 68.2 cm³/mol. The maximum atomic E-state index is 13.5. The molecule has 0 radical (unpaired) electrons. The van der Waals surface area contributed by atoms with Crippen LogP contribution in [-0.2, 0) is 0 Å². The second-order valence-electron chi connectivity index (χ2n) is 4.53. The number of nitrogens with one attached hydrogen (secondary N) is 1. The molecule has 1 fully saturated rings. The first-order valence-electron chi connectivity index (χ1n) is 5.93. The number of thioether (sulfide) groups is 1. The van der Waals surface area contributed by atoms with Crippen LogP contribution in [0.5, 0.6) is 0 Å². The molecule has 0 amide bonds. The van der Waals surface area contributed by atoms with Crippen LogP contribution in [0.1, 0.15) is 24.9 Å². The van der Waals surface area contributed by atoms with E-state index in [0.717, 1.165) is 12.6 Å². The number of benzene rings is 1. The van der Waals surface area contributed by atoms with Gasteiger partial charge in [-0.3, -0.25) is 0 Å². The highest BCUT2D eigenvalue weighted by molar-refractivity contribution is 7.99. The molecular formula is C13H17F2NS. The summed E-state index contributed by atoms with van der Waals surface area (Å²) >= 11 is 1.97. The van der Waals surface area contributed by atoms with E-state index < -0.39 is 11.6 Å². The predicted octanol–water partition coefficient (Wildman–Crippen LogP) is 3.37. The van der Waals surface area contributed by atoms with Crippen molar-refractivity contribution in [2.75, 3.05) is 18.1 Å². The van der Waals surface area contributed by atoms with Crippen molar-refractivity contribution in [3.8, 4) is 0 Å². The number of hydrogen-bond donors (Lipinski definition) is 1. The van der Waals surface area contributed by atoms with Crippen LogP contribution in [-0.4, -0.2) is 18.1 Å². The summed E-state index contributed by atoms with van der Waals surface area (Å²) in [6, 6.07) is 3.70. The molecule has 94 valence electrons. The molecule has 2 atom stereocenters. The minimum atomic E-state index is -0.523. The van der Waals surface area contributed by atoms with Crippen molar-refractivity contribution >= 4 is 11.8 Å². The molecule has 2 rings (SSSR count). The molecule has 0 bridgehead atoms. The van der Waals surface area contributed by atoms with Gasteiger partial charge in [0, 0.05) is 17.7 Å². The topological polar surface area (TPSA) is 12.0 Å². The standard InChI is InChI=1S/C13H17F2NS/c1-9(16-7-10-4-5-17-8-10)12-3-2-11(14)6-13(12)15/h2-3,6,9-10,16H,4-5,7-8H2,1H3. The van der Waals surface area contributed by atoms with Crippen LogP contribution in [0.25, 0.3) is 0 Å². The Kier molecular flexibility index (Phi) is 4.40. The van der Waals surface area contributed by atoms with Gasteiger partial charge in [0.15, 0.2) is 0 Å². The molecular weight excluding hydrogens is 240 g/mol. The van der Waals surface area contributed by atoms with E-state index in [2.05, 4.69) is 5.32 Å². The largest absolute Gasteiger partial charge is 0.310 e. The van der Waals surface area contributed by atoms with Crippen LogP contribution >= 0.6 is 11.8 Å². The fourth-order valence-corrected chi connectivity index (χ4v) is 3.33. The van der Waals surface area contributed by atoms with Crippen molar-refractivity contribution in [2.45, 2.75) is 19.4 Å². The average Bonchev–Trinajstić information content (AvgIpc) is 2.78. The molecule has 4 heteroatoms. The molecule has 1 heterocycles. The van der Waals surface area contributed by atoms with Gasteiger partial charge in [0.25, 0.3) is 0 Å². The van der Waals surface area contributed by atoms with E-state index in [4.69, 9.17) is 0 Å². The van der Waals surface area contributed by atoms with Gasteiger partial charge in [0.05, 0.1) is 0 Å². The Morgan fingerprint density at radius 2 is 2.29 bits per heavy atom. The van der Waals surface area contributed by atoms with Gasteiger partial charge in [-0.25, -0.2) is 8.78 Å². The van der Waals surface area contributed by atoms with E-state index in [0.29, 0.717) is 11.5 Å². The Morgan fingerprint density at radius 1 is 1.47 bits per heavy atom. The monoisotopic (exact) mass is 257 g/mol. The summed E-state index contributed by atoms with van der Waals surface area (Å²) < 4.78 is 26.3. The van der Waals surface area contributed by atoms with Gasteiger partial charge in [0.2, 0.25) is 0 Å². The van der Waals surface area contributed by atoms with Crippen molar-refractivity contribution in [1.82, 2.24) is 5.32 Å². The first-order valence-corrected chi connectivity index (χ1v) is 7.08. The zero-order valence-electron chi connectivity index (χ0n) is 9.88. The zero-order valence-corrected chi connectivity index (χ0v) is 10.7. The van der Waals surface area contributed by atoms with E-state index in [1.54, 1.807) is 0 Å². The van der Waals surface area contributed by atoms with E-state index in [9.17, 15) is 8.78 Å². The molecule has 2 unspecified atom stereocenters. The van der Waals surface area contributed by atoms with Gasteiger partial charge in [-0.1, -0.05) is 6.07 Å². The number of rotatable bonds is 4. The molecule has 1 N–H and O–H groups in total.